The number of carboxylic acid groups (broad SMARTS) is 1. The minimum absolute atomic E-state index is 0.287. The highest BCUT2D eigenvalue weighted by Gasteiger charge is 2.37. The molecule has 0 bridgehead atoms. The lowest BCUT2D eigenvalue weighted by molar-refractivity contribution is -0.143. The summed E-state index contributed by atoms with van der Waals surface area (Å²) in [6.07, 6.45) is 2.02. The van der Waals surface area contributed by atoms with Crippen LogP contribution in [0.15, 0.2) is 34.7 Å². The van der Waals surface area contributed by atoms with Gasteiger partial charge in [-0.3, -0.25) is 9.59 Å². The highest BCUT2D eigenvalue weighted by molar-refractivity contribution is 5.80. The van der Waals surface area contributed by atoms with E-state index in [0.717, 1.165) is 16.7 Å². The van der Waals surface area contributed by atoms with Gasteiger partial charge in [0.25, 0.3) is 0 Å². The summed E-state index contributed by atoms with van der Waals surface area (Å²) < 4.78 is 5.40. The molecule has 1 heterocycles. The number of aldehydes is 1. The van der Waals surface area contributed by atoms with E-state index in [2.05, 4.69) is 0 Å². The summed E-state index contributed by atoms with van der Waals surface area (Å²) in [6, 6.07) is 9.09. The number of nitrogens with two attached hydrogens (primary N) is 1. The summed E-state index contributed by atoms with van der Waals surface area (Å²) in [5.74, 6) is -0.0452. The maximum atomic E-state index is 11.2. The summed E-state index contributed by atoms with van der Waals surface area (Å²) in [5, 5.41) is 9.21. The van der Waals surface area contributed by atoms with Crippen molar-refractivity contribution < 1.29 is 19.1 Å². The third kappa shape index (κ3) is 2.36. The van der Waals surface area contributed by atoms with E-state index in [1.54, 1.807) is 12.1 Å². The van der Waals surface area contributed by atoms with Gasteiger partial charge in [0.15, 0.2) is 12.0 Å². The molecule has 0 amide bonds. The van der Waals surface area contributed by atoms with Crippen LogP contribution in [0, 0.1) is 0 Å². The molecule has 0 fully saturated rings. The number of hydrogen-bond acceptors (Lipinski definition) is 4. The molecule has 1 aliphatic carbocycles. The Bertz CT molecular complexity index is 719. The fourth-order valence-electron chi connectivity index (χ4n) is 2.72. The molecule has 0 radical (unpaired) electrons. The molecule has 1 atom stereocenters. The zero-order valence-corrected chi connectivity index (χ0v) is 11.3. The van der Waals surface area contributed by atoms with E-state index in [4.69, 9.17) is 10.2 Å². The predicted octanol–water partition coefficient (Wildman–Crippen LogP) is 2.03. The standard InChI is InChI=1S/C16H15NO4/c17-16(15(19)20)6-5-10-7-11(1-2-12(10)8-16)14-4-3-13(9-18)21-14/h1-4,7,9H,5-6,8,17H2,(H,19,20). The van der Waals surface area contributed by atoms with Gasteiger partial charge in [0, 0.05) is 12.0 Å². The number of benzene rings is 1. The largest absolute Gasteiger partial charge is 0.480 e. The smallest absolute Gasteiger partial charge is 0.324 e. The van der Waals surface area contributed by atoms with Gasteiger partial charge in [0.05, 0.1) is 0 Å². The van der Waals surface area contributed by atoms with Crippen LogP contribution in [0.2, 0.25) is 0 Å². The number of hydrogen-bond donors (Lipinski definition) is 2. The molecule has 21 heavy (non-hydrogen) atoms. The van der Waals surface area contributed by atoms with Crippen LogP contribution in [-0.2, 0) is 17.6 Å². The van der Waals surface area contributed by atoms with Crippen molar-refractivity contribution in [1.29, 1.82) is 0 Å². The van der Waals surface area contributed by atoms with Gasteiger partial charge in [0.2, 0.25) is 0 Å². The van der Waals surface area contributed by atoms with E-state index in [1.165, 1.54) is 0 Å². The number of aryl methyl sites for hydroxylation is 1. The Hall–Kier alpha value is -2.40. The highest BCUT2D eigenvalue weighted by Crippen LogP contribution is 2.31. The van der Waals surface area contributed by atoms with Gasteiger partial charge in [-0.15, -0.1) is 0 Å². The van der Waals surface area contributed by atoms with Crippen molar-refractivity contribution in [3.05, 3.63) is 47.2 Å². The van der Waals surface area contributed by atoms with Gasteiger partial charge in [-0.1, -0.05) is 12.1 Å². The zero-order valence-electron chi connectivity index (χ0n) is 11.3. The number of aliphatic carboxylic acids is 1. The molecule has 108 valence electrons. The highest BCUT2D eigenvalue weighted by atomic mass is 16.4. The molecule has 1 aromatic heterocycles. The van der Waals surface area contributed by atoms with E-state index in [0.29, 0.717) is 31.3 Å². The molecule has 5 heteroatoms. The van der Waals surface area contributed by atoms with Gasteiger partial charge in [0.1, 0.15) is 11.3 Å². The van der Waals surface area contributed by atoms with Crippen LogP contribution in [0.5, 0.6) is 0 Å². The van der Waals surface area contributed by atoms with Gasteiger partial charge < -0.3 is 15.3 Å². The monoisotopic (exact) mass is 285 g/mol. The second kappa shape index (κ2) is 4.86. The number of fused-ring (bicyclic) bond motifs is 1. The van der Waals surface area contributed by atoms with Crippen molar-refractivity contribution in [3.8, 4) is 11.3 Å². The van der Waals surface area contributed by atoms with E-state index >= 15 is 0 Å². The minimum Gasteiger partial charge on any atom is -0.480 e. The molecule has 3 N–H and O–H groups in total. The molecule has 3 rings (SSSR count). The lowest BCUT2D eigenvalue weighted by atomic mass is 9.78. The van der Waals surface area contributed by atoms with Crippen LogP contribution in [0.4, 0.5) is 0 Å². The molecule has 0 saturated heterocycles. The molecule has 2 aromatic rings. The van der Waals surface area contributed by atoms with E-state index in [-0.39, 0.29) is 5.76 Å². The van der Waals surface area contributed by atoms with Crippen LogP contribution in [0.1, 0.15) is 28.1 Å². The first kappa shape index (κ1) is 13.6. The van der Waals surface area contributed by atoms with Crippen molar-refractivity contribution in [2.24, 2.45) is 5.73 Å². The third-order valence-corrected chi connectivity index (χ3v) is 4.01. The van der Waals surface area contributed by atoms with Crippen LogP contribution in [0.3, 0.4) is 0 Å². The first-order valence-electron chi connectivity index (χ1n) is 6.71. The maximum absolute atomic E-state index is 11.2. The lowest BCUT2D eigenvalue weighted by Crippen LogP contribution is -2.52. The third-order valence-electron chi connectivity index (χ3n) is 4.01. The Morgan fingerprint density at radius 2 is 2.10 bits per heavy atom. The Kier molecular flexibility index (Phi) is 3.14. The Morgan fingerprint density at radius 1 is 1.29 bits per heavy atom. The normalized spacial score (nSPS) is 20.8. The average molecular weight is 285 g/mol. The summed E-state index contributed by atoms with van der Waals surface area (Å²) >= 11 is 0. The summed E-state index contributed by atoms with van der Waals surface area (Å²) in [6.45, 7) is 0. The second-order valence-corrected chi connectivity index (χ2v) is 5.44. The van der Waals surface area contributed by atoms with Crippen molar-refractivity contribution in [1.82, 2.24) is 0 Å². The number of rotatable bonds is 3. The van der Waals surface area contributed by atoms with Gasteiger partial charge in [-0.05, 0) is 42.2 Å². The Balaban J connectivity index is 1.93. The summed E-state index contributed by atoms with van der Waals surface area (Å²) in [4.78, 5) is 21.9. The van der Waals surface area contributed by atoms with Gasteiger partial charge >= 0.3 is 5.97 Å². The number of carboxylic acids is 1. The molecular formula is C16H15NO4. The molecular weight excluding hydrogens is 270 g/mol. The maximum Gasteiger partial charge on any atom is 0.324 e. The van der Waals surface area contributed by atoms with Crippen molar-refractivity contribution in [3.63, 3.8) is 0 Å². The molecule has 0 spiro atoms. The summed E-state index contributed by atoms with van der Waals surface area (Å²) in [5.41, 5.74) is 7.67. The lowest BCUT2D eigenvalue weighted by Gasteiger charge is -2.30. The first-order chi connectivity index (χ1) is 10.0. The minimum atomic E-state index is -1.18. The molecule has 5 nitrogen and oxygen atoms in total. The van der Waals surface area contributed by atoms with Crippen LogP contribution in [-0.4, -0.2) is 22.9 Å². The fourth-order valence-corrected chi connectivity index (χ4v) is 2.72. The molecule has 1 unspecified atom stereocenters. The molecule has 1 aromatic carbocycles. The van der Waals surface area contributed by atoms with Crippen LogP contribution < -0.4 is 5.73 Å². The first-order valence-corrected chi connectivity index (χ1v) is 6.71. The quantitative estimate of drug-likeness (QED) is 0.841. The van der Waals surface area contributed by atoms with Crippen molar-refractivity contribution in [2.75, 3.05) is 0 Å². The molecule has 1 aliphatic rings. The van der Waals surface area contributed by atoms with Crippen LogP contribution in [0.25, 0.3) is 11.3 Å². The van der Waals surface area contributed by atoms with Crippen molar-refractivity contribution >= 4 is 12.3 Å². The van der Waals surface area contributed by atoms with E-state index in [1.807, 2.05) is 18.2 Å². The number of carbonyl (C=O) groups excluding carboxylic acids is 1. The number of carbonyl (C=O) groups is 2. The fraction of sp³-hybridized carbons (Fsp3) is 0.250. The topological polar surface area (TPSA) is 93.5 Å². The van der Waals surface area contributed by atoms with Crippen molar-refractivity contribution in [2.45, 2.75) is 24.8 Å². The SMILES string of the molecule is NC1(C(=O)O)CCc2cc(-c3ccc(C=O)o3)ccc2C1. The molecule has 0 saturated carbocycles. The number of furan rings is 1. The van der Waals surface area contributed by atoms with E-state index in [9.17, 15) is 14.7 Å². The second-order valence-electron chi connectivity index (χ2n) is 5.44. The van der Waals surface area contributed by atoms with Gasteiger partial charge in [-0.25, -0.2) is 0 Å². The van der Waals surface area contributed by atoms with Crippen LogP contribution >= 0.6 is 0 Å². The average Bonchev–Trinajstić information content (AvgIpc) is 2.95. The predicted molar refractivity (Wildman–Crippen MR) is 76.1 cm³/mol. The Labute approximate surface area is 121 Å². The zero-order chi connectivity index (χ0) is 15.0. The van der Waals surface area contributed by atoms with Gasteiger partial charge in [-0.2, -0.15) is 0 Å². The van der Waals surface area contributed by atoms with E-state index < -0.39 is 11.5 Å². The molecule has 0 aliphatic heterocycles. The summed E-state index contributed by atoms with van der Waals surface area (Å²) in [7, 11) is 0. The Morgan fingerprint density at radius 3 is 2.76 bits per heavy atom.